The van der Waals surface area contributed by atoms with Gasteiger partial charge in [-0.05, 0) is 23.3 Å². The Morgan fingerprint density at radius 3 is 2.45 bits per heavy atom. The minimum atomic E-state index is -1.55. The number of aliphatic hydroxyl groups excluding tert-OH is 1. The smallest absolute Gasteiger partial charge is 0.372 e. The van der Waals surface area contributed by atoms with E-state index in [1.807, 2.05) is 30.3 Å². The lowest BCUT2D eigenvalue weighted by atomic mass is 10.0. The number of ketones is 1. The second kappa shape index (κ2) is 7.38. The van der Waals surface area contributed by atoms with Crippen LogP contribution in [0.15, 0.2) is 54.6 Å². The van der Waals surface area contributed by atoms with Gasteiger partial charge in [0.05, 0.1) is 6.10 Å². The summed E-state index contributed by atoms with van der Waals surface area (Å²) in [6.07, 6.45) is -1.62. The Balaban J connectivity index is 2.00. The van der Waals surface area contributed by atoms with Crippen LogP contribution in [-0.4, -0.2) is 22.0 Å². The van der Waals surface area contributed by atoms with E-state index in [2.05, 4.69) is 0 Å². The fourth-order valence-corrected chi connectivity index (χ4v) is 1.93. The summed E-state index contributed by atoms with van der Waals surface area (Å²) in [5.41, 5.74) is 1.45. The molecule has 0 aliphatic rings. The lowest BCUT2D eigenvalue weighted by Gasteiger charge is -2.11. The molecule has 0 saturated carbocycles. The second-order valence-corrected chi connectivity index (χ2v) is 4.80. The summed E-state index contributed by atoms with van der Waals surface area (Å²) in [4.78, 5) is 21.6. The van der Waals surface area contributed by atoms with Gasteiger partial charge in [-0.1, -0.05) is 42.5 Å². The molecular formula is C17H16O5. The lowest BCUT2D eigenvalue weighted by Crippen LogP contribution is -2.16. The summed E-state index contributed by atoms with van der Waals surface area (Å²) < 4.78 is 5.62. The van der Waals surface area contributed by atoms with Crippen LogP contribution in [-0.2, 0) is 16.2 Å². The zero-order valence-corrected chi connectivity index (χ0v) is 11.8. The van der Waals surface area contributed by atoms with Crippen molar-refractivity contribution < 1.29 is 24.5 Å². The van der Waals surface area contributed by atoms with Gasteiger partial charge in [0.15, 0.2) is 0 Å². The first kappa shape index (κ1) is 15.7. The zero-order chi connectivity index (χ0) is 15.9. The highest BCUT2D eigenvalue weighted by atomic mass is 16.5. The monoisotopic (exact) mass is 300 g/mol. The van der Waals surface area contributed by atoms with Gasteiger partial charge >= 0.3 is 5.97 Å². The first-order chi connectivity index (χ1) is 10.6. The number of aliphatic hydroxyl groups is 1. The topological polar surface area (TPSA) is 83.8 Å². The summed E-state index contributed by atoms with van der Waals surface area (Å²) >= 11 is 0. The van der Waals surface area contributed by atoms with E-state index in [9.17, 15) is 14.7 Å². The van der Waals surface area contributed by atoms with Crippen molar-refractivity contribution in [2.45, 2.75) is 19.1 Å². The minimum Gasteiger partial charge on any atom is -0.489 e. The van der Waals surface area contributed by atoms with Gasteiger partial charge in [-0.25, -0.2) is 4.79 Å². The van der Waals surface area contributed by atoms with E-state index < -0.39 is 24.3 Å². The maximum atomic E-state index is 11.1. The van der Waals surface area contributed by atoms with Crippen LogP contribution >= 0.6 is 0 Å². The number of hydrogen-bond donors (Lipinski definition) is 2. The first-order valence-corrected chi connectivity index (χ1v) is 6.77. The lowest BCUT2D eigenvalue weighted by molar-refractivity contribution is -0.150. The van der Waals surface area contributed by atoms with E-state index in [-0.39, 0.29) is 0 Å². The molecule has 2 aromatic carbocycles. The molecule has 0 heterocycles. The van der Waals surface area contributed by atoms with Gasteiger partial charge in [0.2, 0.25) is 5.78 Å². The average molecular weight is 300 g/mol. The van der Waals surface area contributed by atoms with Crippen LogP contribution in [0.25, 0.3) is 0 Å². The Hall–Kier alpha value is -2.66. The Morgan fingerprint density at radius 2 is 1.77 bits per heavy atom. The summed E-state index contributed by atoms with van der Waals surface area (Å²) in [5, 5.41) is 18.5. The highest BCUT2D eigenvalue weighted by Gasteiger charge is 2.18. The summed E-state index contributed by atoms with van der Waals surface area (Å²) in [6.45, 7) is 0.383. The van der Waals surface area contributed by atoms with E-state index >= 15 is 0 Å². The molecule has 0 aromatic heterocycles. The van der Waals surface area contributed by atoms with Crippen molar-refractivity contribution in [3.63, 3.8) is 0 Å². The summed E-state index contributed by atoms with van der Waals surface area (Å²) in [5.74, 6) is -2.03. The molecule has 0 saturated heterocycles. The Kier molecular flexibility index (Phi) is 5.27. The number of aliphatic carboxylic acids is 1. The maximum Gasteiger partial charge on any atom is 0.372 e. The molecule has 0 fully saturated rings. The average Bonchev–Trinajstić information content (AvgIpc) is 2.54. The van der Waals surface area contributed by atoms with Crippen molar-refractivity contribution in [2.24, 2.45) is 0 Å². The molecule has 2 aromatic rings. The number of Topliss-reactive ketones (excluding diaryl/α,β-unsaturated/α-hetero) is 1. The fourth-order valence-electron chi connectivity index (χ4n) is 1.93. The number of rotatable bonds is 7. The van der Waals surface area contributed by atoms with Crippen molar-refractivity contribution in [3.05, 3.63) is 65.7 Å². The Labute approximate surface area is 127 Å². The maximum absolute atomic E-state index is 11.1. The van der Waals surface area contributed by atoms with Gasteiger partial charge in [-0.15, -0.1) is 0 Å². The number of ether oxygens (including phenoxy) is 1. The number of hydrogen-bond acceptors (Lipinski definition) is 4. The molecule has 1 atom stereocenters. The molecule has 22 heavy (non-hydrogen) atoms. The van der Waals surface area contributed by atoms with Crippen LogP contribution in [0.1, 0.15) is 23.7 Å². The van der Waals surface area contributed by atoms with E-state index in [4.69, 9.17) is 9.84 Å². The van der Waals surface area contributed by atoms with Crippen molar-refractivity contribution in [2.75, 3.05) is 0 Å². The van der Waals surface area contributed by atoms with Crippen LogP contribution in [0.4, 0.5) is 0 Å². The molecule has 0 bridgehead atoms. The number of carboxylic acid groups (broad SMARTS) is 1. The largest absolute Gasteiger partial charge is 0.489 e. The fraction of sp³-hybridized carbons (Fsp3) is 0.176. The Bertz CT molecular complexity index is 651. The predicted octanol–water partition coefficient (Wildman–Crippen LogP) is 2.34. The van der Waals surface area contributed by atoms with Crippen molar-refractivity contribution in [1.82, 2.24) is 0 Å². The molecule has 2 N–H and O–H groups in total. The molecule has 0 spiro atoms. The van der Waals surface area contributed by atoms with Crippen molar-refractivity contribution in [3.8, 4) is 5.75 Å². The molecule has 1 unspecified atom stereocenters. The second-order valence-electron chi connectivity index (χ2n) is 4.80. The quantitative estimate of drug-likeness (QED) is 0.767. The third-order valence-electron chi connectivity index (χ3n) is 3.11. The molecule has 0 radical (unpaired) electrons. The summed E-state index contributed by atoms with van der Waals surface area (Å²) in [7, 11) is 0. The van der Waals surface area contributed by atoms with Gasteiger partial charge < -0.3 is 14.9 Å². The SMILES string of the molecule is O=C(O)C(=O)CC(O)c1cccc(OCc2ccccc2)c1. The highest BCUT2D eigenvalue weighted by Crippen LogP contribution is 2.22. The summed E-state index contributed by atoms with van der Waals surface area (Å²) in [6, 6.07) is 16.3. The number of carboxylic acids is 1. The molecule has 114 valence electrons. The molecular weight excluding hydrogens is 284 g/mol. The van der Waals surface area contributed by atoms with E-state index in [1.165, 1.54) is 0 Å². The minimum absolute atomic E-state index is 0.383. The van der Waals surface area contributed by atoms with Gasteiger partial charge in [0, 0.05) is 6.42 Å². The van der Waals surface area contributed by atoms with Crippen molar-refractivity contribution in [1.29, 1.82) is 0 Å². The van der Waals surface area contributed by atoms with Crippen LogP contribution in [0.2, 0.25) is 0 Å². The van der Waals surface area contributed by atoms with Crippen LogP contribution in [0.5, 0.6) is 5.75 Å². The molecule has 0 aliphatic heterocycles. The van der Waals surface area contributed by atoms with E-state index in [0.29, 0.717) is 17.9 Å². The molecule has 2 rings (SSSR count). The highest BCUT2D eigenvalue weighted by molar-refractivity contribution is 6.32. The Morgan fingerprint density at radius 1 is 1.05 bits per heavy atom. The van der Waals surface area contributed by atoms with Crippen LogP contribution in [0, 0.1) is 0 Å². The van der Waals surface area contributed by atoms with Gasteiger partial charge in [-0.3, -0.25) is 4.79 Å². The predicted molar refractivity (Wildman–Crippen MR) is 79.4 cm³/mol. The van der Waals surface area contributed by atoms with Gasteiger partial charge in [0.1, 0.15) is 12.4 Å². The van der Waals surface area contributed by atoms with E-state index in [1.54, 1.807) is 24.3 Å². The molecule has 0 aliphatic carbocycles. The van der Waals surface area contributed by atoms with Crippen LogP contribution < -0.4 is 4.74 Å². The molecule has 5 heteroatoms. The molecule has 0 amide bonds. The number of carbonyl (C=O) groups is 2. The third kappa shape index (κ3) is 4.43. The van der Waals surface area contributed by atoms with Gasteiger partial charge in [-0.2, -0.15) is 0 Å². The van der Waals surface area contributed by atoms with Crippen LogP contribution in [0.3, 0.4) is 0 Å². The van der Waals surface area contributed by atoms with Crippen molar-refractivity contribution >= 4 is 11.8 Å². The zero-order valence-electron chi connectivity index (χ0n) is 11.8. The standard InChI is InChI=1S/C17H16O5/c18-15(10-16(19)17(20)21)13-7-4-8-14(9-13)22-11-12-5-2-1-3-6-12/h1-9,15,18H,10-11H2,(H,20,21). The number of benzene rings is 2. The first-order valence-electron chi connectivity index (χ1n) is 6.77. The van der Waals surface area contributed by atoms with E-state index in [0.717, 1.165) is 5.56 Å². The number of carbonyl (C=O) groups excluding carboxylic acids is 1. The molecule has 5 nitrogen and oxygen atoms in total. The third-order valence-corrected chi connectivity index (χ3v) is 3.11. The van der Waals surface area contributed by atoms with Gasteiger partial charge in [0.25, 0.3) is 0 Å². The normalized spacial score (nSPS) is 11.7.